The minimum absolute atomic E-state index is 0.0102. The van der Waals surface area contributed by atoms with E-state index in [-0.39, 0.29) is 54.5 Å². The number of hydrogen-bond acceptors (Lipinski definition) is 6. The number of ketones is 1. The number of carbonyl (C=O) groups excluding carboxylic acids is 3. The highest BCUT2D eigenvalue weighted by molar-refractivity contribution is 7.91. The fourth-order valence-corrected chi connectivity index (χ4v) is 6.30. The molecule has 2 saturated heterocycles. The van der Waals surface area contributed by atoms with Gasteiger partial charge in [-0.15, -0.1) is 0 Å². The van der Waals surface area contributed by atoms with Crippen LogP contribution in [0.15, 0.2) is 24.3 Å². The lowest BCUT2D eigenvalue weighted by atomic mass is 9.84. The van der Waals surface area contributed by atoms with E-state index in [4.69, 9.17) is 4.74 Å². The van der Waals surface area contributed by atoms with Gasteiger partial charge in [-0.05, 0) is 25.0 Å². The lowest BCUT2D eigenvalue weighted by molar-refractivity contribution is -0.140. The van der Waals surface area contributed by atoms with Crippen molar-refractivity contribution in [1.29, 1.82) is 0 Å². The molecule has 3 aliphatic rings. The van der Waals surface area contributed by atoms with Crippen LogP contribution in [0.1, 0.15) is 42.5 Å². The van der Waals surface area contributed by atoms with E-state index in [2.05, 4.69) is 0 Å². The zero-order chi connectivity index (χ0) is 21.5. The molecule has 8 nitrogen and oxygen atoms in total. The minimum Gasteiger partial charge on any atom is -0.486 e. The number of nitrogens with zero attached hydrogens (tertiary/aromatic N) is 2. The van der Waals surface area contributed by atoms with Crippen molar-refractivity contribution in [3.8, 4) is 5.75 Å². The monoisotopic (exact) mass is 434 g/mol. The van der Waals surface area contributed by atoms with Gasteiger partial charge in [-0.1, -0.05) is 12.1 Å². The van der Waals surface area contributed by atoms with Crippen molar-refractivity contribution >= 4 is 27.4 Å². The molecule has 0 N–H and O–H groups in total. The zero-order valence-electron chi connectivity index (χ0n) is 17.0. The van der Waals surface area contributed by atoms with Gasteiger partial charge in [0.25, 0.3) is 0 Å². The second-order valence-electron chi connectivity index (χ2n) is 8.51. The Labute approximate surface area is 176 Å². The van der Waals surface area contributed by atoms with Crippen LogP contribution < -0.4 is 4.74 Å². The molecular formula is C21H26N2O6S. The number of carbonyl (C=O) groups is 3. The fraction of sp³-hybridized carbons (Fsp3) is 0.571. The normalized spacial score (nSPS) is 28.0. The van der Waals surface area contributed by atoms with Crippen LogP contribution in [0.2, 0.25) is 0 Å². The Hall–Kier alpha value is -2.42. The van der Waals surface area contributed by atoms with Crippen molar-refractivity contribution in [2.75, 3.05) is 31.6 Å². The van der Waals surface area contributed by atoms with Crippen LogP contribution in [-0.2, 0) is 19.4 Å². The molecule has 0 radical (unpaired) electrons. The Morgan fingerprint density at radius 3 is 2.77 bits per heavy atom. The van der Waals surface area contributed by atoms with Crippen molar-refractivity contribution in [2.24, 2.45) is 0 Å². The summed E-state index contributed by atoms with van der Waals surface area (Å²) in [4.78, 5) is 40.9. The first-order valence-electron chi connectivity index (χ1n) is 10.2. The molecule has 3 aliphatic heterocycles. The Morgan fingerprint density at radius 2 is 2.03 bits per heavy atom. The number of benzene rings is 1. The van der Waals surface area contributed by atoms with Gasteiger partial charge in [0.2, 0.25) is 11.8 Å². The van der Waals surface area contributed by atoms with Crippen LogP contribution in [0.4, 0.5) is 0 Å². The summed E-state index contributed by atoms with van der Waals surface area (Å²) in [6, 6.07) is 6.79. The van der Waals surface area contributed by atoms with Gasteiger partial charge < -0.3 is 14.5 Å². The molecule has 2 fully saturated rings. The Kier molecular flexibility index (Phi) is 5.34. The van der Waals surface area contributed by atoms with E-state index in [0.29, 0.717) is 37.1 Å². The third-order valence-corrected chi connectivity index (χ3v) is 8.21. The van der Waals surface area contributed by atoms with Crippen molar-refractivity contribution in [2.45, 2.75) is 43.7 Å². The topological polar surface area (TPSA) is 101 Å². The predicted octanol–water partition coefficient (Wildman–Crippen LogP) is 1.05. The lowest BCUT2D eigenvalue weighted by Gasteiger charge is -2.37. The molecule has 0 unspecified atom stereocenters. The van der Waals surface area contributed by atoms with Crippen LogP contribution in [0.3, 0.4) is 0 Å². The number of fused-ring (bicyclic) bond motifs is 1. The molecule has 1 aromatic carbocycles. The van der Waals surface area contributed by atoms with E-state index >= 15 is 0 Å². The van der Waals surface area contributed by atoms with Crippen molar-refractivity contribution < 1.29 is 27.5 Å². The van der Waals surface area contributed by atoms with Gasteiger partial charge in [0.15, 0.2) is 15.6 Å². The quantitative estimate of drug-likeness (QED) is 0.705. The van der Waals surface area contributed by atoms with Gasteiger partial charge in [-0.3, -0.25) is 14.4 Å². The zero-order valence-corrected chi connectivity index (χ0v) is 17.8. The molecule has 0 aliphatic carbocycles. The number of likely N-dealkylation sites (tertiary alicyclic amines) is 1. The molecule has 1 aromatic rings. The average Bonchev–Trinajstić information content (AvgIpc) is 3.01. The van der Waals surface area contributed by atoms with E-state index in [0.717, 1.165) is 0 Å². The number of ether oxygens (including phenoxy) is 1. The van der Waals surface area contributed by atoms with Gasteiger partial charge in [0.05, 0.1) is 30.0 Å². The summed E-state index contributed by atoms with van der Waals surface area (Å²) in [5, 5.41) is 0. The minimum atomic E-state index is -3.09. The summed E-state index contributed by atoms with van der Waals surface area (Å²) in [6.07, 6.45) is 1.74. The van der Waals surface area contributed by atoms with Crippen molar-refractivity contribution in [3.05, 3.63) is 29.8 Å². The second-order valence-corrected chi connectivity index (χ2v) is 10.7. The first-order valence-corrected chi connectivity index (χ1v) is 12.1. The SMILES string of the molecule is CN(C(=O)CN1CC[C@]2(CCC1=O)CC(=O)c1ccccc1O2)[C@@H]1CCS(=O)(=O)C1. The van der Waals surface area contributed by atoms with E-state index in [9.17, 15) is 22.8 Å². The smallest absolute Gasteiger partial charge is 0.242 e. The van der Waals surface area contributed by atoms with Crippen LogP contribution in [0.25, 0.3) is 0 Å². The average molecular weight is 435 g/mol. The highest BCUT2D eigenvalue weighted by atomic mass is 32.2. The molecule has 30 heavy (non-hydrogen) atoms. The Morgan fingerprint density at radius 1 is 1.27 bits per heavy atom. The van der Waals surface area contributed by atoms with Gasteiger partial charge in [0.1, 0.15) is 11.4 Å². The second kappa shape index (κ2) is 7.68. The molecule has 2 atom stereocenters. The maximum Gasteiger partial charge on any atom is 0.242 e. The maximum atomic E-state index is 12.7. The number of amides is 2. The first-order chi connectivity index (χ1) is 14.2. The number of para-hydroxylation sites is 1. The number of Topliss-reactive ketones (excluding diaryl/α,β-unsaturated/α-hetero) is 1. The summed E-state index contributed by atoms with van der Waals surface area (Å²) in [5.74, 6) is 0.202. The molecule has 0 bridgehead atoms. The Bertz CT molecular complexity index is 991. The predicted molar refractivity (Wildman–Crippen MR) is 109 cm³/mol. The number of sulfone groups is 1. The number of likely N-dealkylation sites (N-methyl/N-ethyl adjacent to an activating group) is 1. The van der Waals surface area contributed by atoms with Gasteiger partial charge in [0, 0.05) is 32.5 Å². The van der Waals surface area contributed by atoms with Gasteiger partial charge >= 0.3 is 0 Å². The number of rotatable bonds is 3. The summed E-state index contributed by atoms with van der Waals surface area (Å²) < 4.78 is 29.6. The van der Waals surface area contributed by atoms with Gasteiger partial charge in [-0.2, -0.15) is 0 Å². The molecular weight excluding hydrogens is 408 g/mol. The molecule has 1 spiro atoms. The molecule has 9 heteroatoms. The highest BCUT2D eigenvalue weighted by Gasteiger charge is 2.43. The highest BCUT2D eigenvalue weighted by Crippen LogP contribution is 2.39. The van der Waals surface area contributed by atoms with Crippen molar-refractivity contribution in [1.82, 2.24) is 9.80 Å². The summed E-state index contributed by atoms with van der Waals surface area (Å²) in [7, 11) is -1.50. The summed E-state index contributed by atoms with van der Waals surface area (Å²) in [5.41, 5.74) is -0.163. The van der Waals surface area contributed by atoms with Crippen molar-refractivity contribution in [3.63, 3.8) is 0 Å². The fourth-order valence-electron chi connectivity index (χ4n) is 4.53. The van der Waals surface area contributed by atoms with Crippen LogP contribution in [-0.4, -0.2) is 79.1 Å². The largest absolute Gasteiger partial charge is 0.486 e. The van der Waals surface area contributed by atoms with Crippen LogP contribution in [0, 0.1) is 0 Å². The first kappa shape index (κ1) is 20.8. The number of hydrogen-bond donors (Lipinski definition) is 0. The summed E-state index contributed by atoms with van der Waals surface area (Å²) >= 11 is 0. The maximum absolute atomic E-state index is 12.7. The summed E-state index contributed by atoms with van der Waals surface area (Å²) in [6.45, 7) is 0.226. The van der Waals surface area contributed by atoms with E-state index in [1.807, 2.05) is 6.07 Å². The third-order valence-electron chi connectivity index (χ3n) is 6.46. The molecule has 0 aromatic heterocycles. The van der Waals surface area contributed by atoms with Gasteiger partial charge in [-0.25, -0.2) is 8.42 Å². The molecule has 2 amide bonds. The lowest BCUT2D eigenvalue weighted by Crippen LogP contribution is -2.46. The standard InChI is InChI=1S/C21H26N2O6S/c1-22(15-7-11-30(27,28)14-15)20(26)13-23-10-9-21(8-6-19(23)25)12-17(24)16-4-2-3-5-18(16)29-21/h2-5,15H,6-14H2,1H3/t15-,21-/m1/s1. The Balaban J connectivity index is 1.42. The van der Waals surface area contributed by atoms with E-state index in [1.54, 1.807) is 25.2 Å². The van der Waals surface area contributed by atoms with Crippen LogP contribution >= 0.6 is 0 Å². The molecule has 4 rings (SSSR count). The van der Waals surface area contributed by atoms with E-state index < -0.39 is 15.4 Å². The molecule has 3 heterocycles. The van der Waals surface area contributed by atoms with Crippen LogP contribution in [0.5, 0.6) is 5.75 Å². The molecule has 162 valence electrons. The third kappa shape index (κ3) is 4.08. The molecule has 0 saturated carbocycles. The van der Waals surface area contributed by atoms with E-state index in [1.165, 1.54) is 9.80 Å².